The quantitative estimate of drug-likeness (QED) is 0.537. The molecular formula is C9H17N. The average Bonchev–Trinajstić information content (AvgIpc) is 1.85. The van der Waals surface area contributed by atoms with E-state index < -0.39 is 0 Å². The molecule has 0 fully saturated rings. The maximum absolute atomic E-state index is 5.32. The summed E-state index contributed by atoms with van der Waals surface area (Å²) in [4.78, 5) is 2.15. The van der Waals surface area contributed by atoms with Crippen LogP contribution in [-0.4, -0.2) is 25.5 Å². The molecule has 0 aromatic carbocycles. The maximum Gasteiger partial charge on any atom is 0.0268 e. The Morgan fingerprint density at radius 1 is 1.40 bits per heavy atom. The molecule has 0 aliphatic rings. The van der Waals surface area contributed by atoms with Gasteiger partial charge < -0.3 is 4.90 Å². The van der Waals surface area contributed by atoms with Crippen LogP contribution in [0.1, 0.15) is 20.3 Å². The summed E-state index contributed by atoms with van der Waals surface area (Å²) >= 11 is 0. The van der Waals surface area contributed by atoms with Gasteiger partial charge in [-0.05, 0) is 40.9 Å². The molecule has 1 nitrogen and oxygen atoms in total. The van der Waals surface area contributed by atoms with Gasteiger partial charge in [-0.2, -0.15) is 0 Å². The topological polar surface area (TPSA) is 3.24 Å². The number of hydrogen-bond donors (Lipinski definition) is 0. The molecule has 0 radical (unpaired) electrons. The molecule has 0 amide bonds. The average molecular weight is 139 g/mol. The summed E-state index contributed by atoms with van der Waals surface area (Å²) in [5, 5.41) is 0. The van der Waals surface area contributed by atoms with E-state index >= 15 is 0 Å². The summed E-state index contributed by atoms with van der Waals surface area (Å²) in [7, 11) is 4.12. The third-order valence-electron chi connectivity index (χ3n) is 1.57. The lowest BCUT2D eigenvalue weighted by molar-refractivity contribution is 0.333. The molecule has 0 heterocycles. The first-order chi connectivity index (χ1) is 4.48. The largest absolute Gasteiger partial charge is 0.309 e. The van der Waals surface area contributed by atoms with Gasteiger partial charge in [0.2, 0.25) is 0 Å². The van der Waals surface area contributed by atoms with Gasteiger partial charge >= 0.3 is 0 Å². The van der Waals surface area contributed by atoms with Crippen molar-refractivity contribution in [2.24, 2.45) is 5.41 Å². The first kappa shape index (κ1) is 9.52. The Hall–Kier alpha value is -0.480. The zero-order chi connectivity index (χ0) is 8.20. The smallest absolute Gasteiger partial charge is 0.0268 e. The van der Waals surface area contributed by atoms with Crippen LogP contribution in [0.4, 0.5) is 0 Å². The molecular weight excluding hydrogens is 122 g/mol. The minimum atomic E-state index is 0.0598. The van der Waals surface area contributed by atoms with E-state index in [9.17, 15) is 0 Å². The molecule has 0 rings (SSSR count). The highest BCUT2D eigenvalue weighted by atomic mass is 15.0. The first-order valence-electron chi connectivity index (χ1n) is 3.60. The van der Waals surface area contributed by atoms with Crippen LogP contribution >= 0.6 is 0 Å². The van der Waals surface area contributed by atoms with Gasteiger partial charge in [-0.1, -0.05) is 0 Å². The SMILES string of the molecule is C#CC(C)(C)CCN(C)C. The molecule has 0 atom stereocenters. The van der Waals surface area contributed by atoms with Crippen LogP contribution in [0.15, 0.2) is 0 Å². The number of nitrogens with zero attached hydrogens (tertiary/aromatic N) is 1. The fourth-order valence-electron chi connectivity index (χ4n) is 0.575. The van der Waals surface area contributed by atoms with Gasteiger partial charge in [-0.3, -0.25) is 0 Å². The molecule has 0 N–H and O–H groups in total. The van der Waals surface area contributed by atoms with Gasteiger partial charge in [-0.15, -0.1) is 12.3 Å². The molecule has 0 aromatic rings. The standard InChI is InChI=1S/C9H17N/c1-6-9(2,3)7-8-10(4)5/h1H,7-8H2,2-5H3. The van der Waals surface area contributed by atoms with Crippen LogP contribution < -0.4 is 0 Å². The van der Waals surface area contributed by atoms with Crippen LogP contribution in [0.3, 0.4) is 0 Å². The zero-order valence-corrected chi connectivity index (χ0v) is 7.44. The van der Waals surface area contributed by atoms with Crippen molar-refractivity contribution in [3.63, 3.8) is 0 Å². The molecule has 0 aliphatic heterocycles. The number of terminal acetylenes is 1. The Kier molecular flexibility index (Phi) is 3.46. The second kappa shape index (κ2) is 3.63. The van der Waals surface area contributed by atoms with E-state index in [4.69, 9.17) is 6.42 Å². The Morgan fingerprint density at radius 2 is 1.90 bits per heavy atom. The molecule has 1 heteroatoms. The van der Waals surface area contributed by atoms with Crippen molar-refractivity contribution in [3.05, 3.63) is 0 Å². The first-order valence-corrected chi connectivity index (χ1v) is 3.60. The van der Waals surface area contributed by atoms with Crippen LogP contribution in [-0.2, 0) is 0 Å². The van der Waals surface area contributed by atoms with Crippen molar-refractivity contribution in [1.29, 1.82) is 0 Å². The second-order valence-corrected chi connectivity index (χ2v) is 3.58. The van der Waals surface area contributed by atoms with Gasteiger partial charge in [-0.25, -0.2) is 0 Å². The Bertz CT molecular complexity index is 128. The van der Waals surface area contributed by atoms with E-state index in [1.165, 1.54) is 0 Å². The lowest BCUT2D eigenvalue weighted by Gasteiger charge is -2.19. The zero-order valence-electron chi connectivity index (χ0n) is 7.44. The fourth-order valence-corrected chi connectivity index (χ4v) is 0.575. The van der Waals surface area contributed by atoms with Crippen molar-refractivity contribution in [3.8, 4) is 12.3 Å². The van der Waals surface area contributed by atoms with E-state index in [1.54, 1.807) is 0 Å². The van der Waals surface area contributed by atoms with E-state index in [2.05, 4.69) is 38.8 Å². The van der Waals surface area contributed by atoms with Gasteiger partial charge in [0, 0.05) is 5.41 Å². The second-order valence-electron chi connectivity index (χ2n) is 3.58. The number of rotatable bonds is 3. The molecule has 10 heavy (non-hydrogen) atoms. The lowest BCUT2D eigenvalue weighted by atomic mass is 9.90. The normalized spacial score (nSPS) is 11.6. The highest BCUT2D eigenvalue weighted by molar-refractivity contribution is 5.00. The predicted octanol–water partition coefficient (Wildman–Crippen LogP) is 1.60. The van der Waals surface area contributed by atoms with Crippen molar-refractivity contribution in [2.45, 2.75) is 20.3 Å². The van der Waals surface area contributed by atoms with Crippen molar-refractivity contribution >= 4 is 0 Å². The van der Waals surface area contributed by atoms with Crippen molar-refractivity contribution in [2.75, 3.05) is 20.6 Å². The Morgan fingerprint density at radius 3 is 2.20 bits per heavy atom. The molecule has 58 valence electrons. The summed E-state index contributed by atoms with van der Waals surface area (Å²) in [6.45, 7) is 5.25. The molecule has 0 spiro atoms. The maximum atomic E-state index is 5.32. The van der Waals surface area contributed by atoms with E-state index in [0.29, 0.717) is 0 Å². The van der Waals surface area contributed by atoms with Crippen molar-refractivity contribution in [1.82, 2.24) is 4.90 Å². The highest BCUT2D eigenvalue weighted by Gasteiger charge is 2.12. The van der Waals surface area contributed by atoms with Gasteiger partial charge in [0.05, 0.1) is 0 Å². The molecule has 0 saturated carbocycles. The third-order valence-corrected chi connectivity index (χ3v) is 1.57. The summed E-state index contributed by atoms with van der Waals surface area (Å²) in [6.07, 6.45) is 6.39. The van der Waals surface area contributed by atoms with Crippen LogP contribution in [0, 0.1) is 17.8 Å². The third kappa shape index (κ3) is 4.40. The summed E-state index contributed by atoms with van der Waals surface area (Å²) < 4.78 is 0. The fraction of sp³-hybridized carbons (Fsp3) is 0.778. The van der Waals surface area contributed by atoms with Gasteiger partial charge in [0.25, 0.3) is 0 Å². The molecule has 0 aromatic heterocycles. The van der Waals surface area contributed by atoms with Crippen LogP contribution in [0.2, 0.25) is 0 Å². The van der Waals surface area contributed by atoms with E-state index in [0.717, 1.165) is 13.0 Å². The van der Waals surface area contributed by atoms with Crippen molar-refractivity contribution < 1.29 is 0 Å². The van der Waals surface area contributed by atoms with Gasteiger partial charge in [0.15, 0.2) is 0 Å². The predicted molar refractivity (Wildman–Crippen MR) is 45.8 cm³/mol. The molecule has 0 unspecified atom stereocenters. The monoisotopic (exact) mass is 139 g/mol. The highest BCUT2D eigenvalue weighted by Crippen LogP contribution is 2.17. The van der Waals surface area contributed by atoms with E-state index in [1.807, 2.05) is 0 Å². The molecule has 0 aliphatic carbocycles. The minimum absolute atomic E-state index is 0.0598. The van der Waals surface area contributed by atoms with Crippen LogP contribution in [0.25, 0.3) is 0 Å². The Labute approximate surface area is 64.4 Å². The Balaban J connectivity index is 3.60. The van der Waals surface area contributed by atoms with Gasteiger partial charge in [0.1, 0.15) is 0 Å². The van der Waals surface area contributed by atoms with E-state index in [-0.39, 0.29) is 5.41 Å². The van der Waals surface area contributed by atoms with Crippen LogP contribution in [0.5, 0.6) is 0 Å². The molecule has 0 bridgehead atoms. The lowest BCUT2D eigenvalue weighted by Crippen LogP contribution is -2.20. The summed E-state index contributed by atoms with van der Waals surface area (Å²) in [5.41, 5.74) is 0.0598. The summed E-state index contributed by atoms with van der Waals surface area (Å²) in [5.74, 6) is 2.77. The minimum Gasteiger partial charge on any atom is -0.309 e. The number of hydrogen-bond acceptors (Lipinski definition) is 1. The summed E-state index contributed by atoms with van der Waals surface area (Å²) in [6, 6.07) is 0. The molecule has 0 saturated heterocycles.